The second-order valence-electron chi connectivity index (χ2n) is 6.32. The van der Waals surface area contributed by atoms with Gasteiger partial charge in [0.25, 0.3) is 5.91 Å². The van der Waals surface area contributed by atoms with Gasteiger partial charge in [-0.25, -0.2) is 9.78 Å². The molecule has 0 spiro atoms. The number of carbonyl (C=O) groups excluding carboxylic acids is 1. The van der Waals surface area contributed by atoms with Crippen molar-refractivity contribution in [2.24, 2.45) is 0 Å². The van der Waals surface area contributed by atoms with Gasteiger partial charge in [-0.1, -0.05) is 6.07 Å². The lowest BCUT2D eigenvalue weighted by atomic mass is 10.0. The fourth-order valence-corrected chi connectivity index (χ4v) is 3.38. The normalized spacial score (nSPS) is 12.8. The van der Waals surface area contributed by atoms with Gasteiger partial charge in [0.05, 0.1) is 0 Å². The highest BCUT2D eigenvalue weighted by molar-refractivity contribution is 5.91. The van der Waals surface area contributed by atoms with E-state index in [1.165, 1.54) is 0 Å². The van der Waals surface area contributed by atoms with E-state index >= 15 is 0 Å². The Bertz CT molecular complexity index is 1040. The quantitative estimate of drug-likeness (QED) is 0.732. The Balaban J connectivity index is 1.56. The molecular formula is C20H18N2O4. The van der Waals surface area contributed by atoms with Gasteiger partial charge in [-0.2, -0.15) is 0 Å². The molecule has 1 N–H and O–H groups in total. The molecule has 4 rings (SSSR count). The highest BCUT2D eigenvalue weighted by atomic mass is 16.5. The van der Waals surface area contributed by atoms with Crippen molar-refractivity contribution in [2.45, 2.75) is 26.2 Å². The van der Waals surface area contributed by atoms with E-state index in [2.05, 4.69) is 10.3 Å². The number of aromatic nitrogens is 1. The summed E-state index contributed by atoms with van der Waals surface area (Å²) in [5, 5.41) is 3.62. The van der Waals surface area contributed by atoms with Gasteiger partial charge in [-0.15, -0.1) is 0 Å². The van der Waals surface area contributed by atoms with Crippen LogP contribution in [0.25, 0.3) is 11.0 Å². The number of rotatable bonds is 4. The van der Waals surface area contributed by atoms with Gasteiger partial charge in [-0.05, 0) is 56.0 Å². The molecular weight excluding hydrogens is 332 g/mol. The van der Waals surface area contributed by atoms with E-state index in [1.807, 2.05) is 19.1 Å². The summed E-state index contributed by atoms with van der Waals surface area (Å²) in [6.45, 7) is 1.68. The van der Waals surface area contributed by atoms with Crippen molar-refractivity contribution in [2.75, 3.05) is 11.9 Å². The number of carbonyl (C=O) groups is 1. The van der Waals surface area contributed by atoms with Crippen LogP contribution in [0.5, 0.6) is 5.75 Å². The highest BCUT2D eigenvalue weighted by Gasteiger charge is 2.21. The van der Waals surface area contributed by atoms with Crippen LogP contribution in [-0.4, -0.2) is 17.5 Å². The number of amides is 1. The van der Waals surface area contributed by atoms with Crippen molar-refractivity contribution in [1.29, 1.82) is 0 Å². The fourth-order valence-electron chi connectivity index (χ4n) is 3.38. The Kier molecular flexibility index (Phi) is 4.16. The molecule has 1 aliphatic rings. The minimum Gasteiger partial charge on any atom is -0.483 e. The predicted molar refractivity (Wildman–Crippen MR) is 97.6 cm³/mol. The van der Waals surface area contributed by atoms with Crippen LogP contribution in [0.3, 0.4) is 0 Å². The maximum atomic E-state index is 12.2. The molecule has 0 fully saturated rings. The van der Waals surface area contributed by atoms with Crippen LogP contribution in [0.2, 0.25) is 0 Å². The van der Waals surface area contributed by atoms with Gasteiger partial charge < -0.3 is 14.5 Å². The minimum atomic E-state index is -0.307. The number of ether oxygens (including phenoxy) is 1. The van der Waals surface area contributed by atoms with Gasteiger partial charge in [0.1, 0.15) is 17.2 Å². The lowest BCUT2D eigenvalue weighted by Crippen LogP contribution is -2.21. The molecule has 0 unspecified atom stereocenters. The van der Waals surface area contributed by atoms with Crippen molar-refractivity contribution >= 4 is 22.7 Å². The summed E-state index contributed by atoms with van der Waals surface area (Å²) < 4.78 is 11.2. The average molecular weight is 350 g/mol. The number of hydrogen-bond donors (Lipinski definition) is 1. The topological polar surface area (TPSA) is 81.4 Å². The van der Waals surface area contributed by atoms with Gasteiger partial charge in [0, 0.05) is 22.7 Å². The molecule has 2 aromatic heterocycles. The first kappa shape index (κ1) is 16.3. The molecule has 1 aromatic carbocycles. The molecule has 0 bridgehead atoms. The zero-order valence-electron chi connectivity index (χ0n) is 14.4. The number of anilines is 1. The van der Waals surface area contributed by atoms with Gasteiger partial charge in [0.2, 0.25) is 0 Å². The molecule has 0 aliphatic heterocycles. The first-order chi connectivity index (χ1) is 12.6. The molecule has 132 valence electrons. The zero-order valence-corrected chi connectivity index (χ0v) is 14.4. The molecule has 1 aliphatic carbocycles. The Morgan fingerprint density at radius 3 is 2.88 bits per heavy atom. The number of fused-ring (bicyclic) bond motifs is 3. The predicted octanol–water partition coefficient (Wildman–Crippen LogP) is 3.00. The van der Waals surface area contributed by atoms with Crippen LogP contribution < -0.4 is 15.7 Å². The van der Waals surface area contributed by atoms with E-state index in [0.29, 0.717) is 17.2 Å². The number of aryl methyl sites for hydroxylation is 2. The van der Waals surface area contributed by atoms with Gasteiger partial charge in [0.15, 0.2) is 6.61 Å². The van der Waals surface area contributed by atoms with Gasteiger partial charge in [-0.3, -0.25) is 4.79 Å². The van der Waals surface area contributed by atoms with Crippen LogP contribution in [0.1, 0.15) is 23.1 Å². The lowest BCUT2D eigenvalue weighted by molar-refractivity contribution is -0.118. The Labute approximate surface area is 149 Å². The van der Waals surface area contributed by atoms with Crippen molar-refractivity contribution in [1.82, 2.24) is 4.98 Å². The van der Waals surface area contributed by atoms with Crippen LogP contribution in [0.15, 0.2) is 45.7 Å². The standard InChI is InChI=1S/C20H18N2O4/c1-12-16(25-11-18(23)22-17-7-2-3-10-21-17)9-8-14-13-5-4-6-15(13)20(24)26-19(12)14/h2-3,7-10H,4-6,11H2,1H3,(H,21,22,23). The molecule has 26 heavy (non-hydrogen) atoms. The molecule has 6 nitrogen and oxygen atoms in total. The van der Waals surface area contributed by atoms with E-state index in [9.17, 15) is 9.59 Å². The number of pyridine rings is 1. The molecule has 1 amide bonds. The molecule has 2 heterocycles. The van der Waals surface area contributed by atoms with Gasteiger partial charge >= 0.3 is 5.63 Å². The van der Waals surface area contributed by atoms with Crippen LogP contribution in [0.4, 0.5) is 5.82 Å². The van der Waals surface area contributed by atoms with E-state index in [-0.39, 0.29) is 18.1 Å². The summed E-state index contributed by atoms with van der Waals surface area (Å²) in [7, 11) is 0. The van der Waals surface area contributed by atoms with Crippen LogP contribution >= 0.6 is 0 Å². The van der Waals surface area contributed by atoms with E-state index in [1.54, 1.807) is 24.4 Å². The molecule has 0 saturated heterocycles. The fraction of sp³-hybridized carbons (Fsp3) is 0.250. The number of nitrogens with zero attached hydrogens (tertiary/aromatic N) is 1. The summed E-state index contributed by atoms with van der Waals surface area (Å²) in [4.78, 5) is 28.2. The Morgan fingerprint density at radius 2 is 2.08 bits per heavy atom. The SMILES string of the molecule is Cc1c(OCC(=O)Nc2ccccn2)ccc2c3c(c(=O)oc12)CCC3. The second-order valence-corrected chi connectivity index (χ2v) is 6.32. The monoisotopic (exact) mass is 350 g/mol. The van der Waals surface area contributed by atoms with Crippen LogP contribution in [0, 0.1) is 6.92 Å². The summed E-state index contributed by atoms with van der Waals surface area (Å²) in [6.07, 6.45) is 4.25. The van der Waals surface area contributed by atoms with Crippen LogP contribution in [-0.2, 0) is 17.6 Å². The van der Waals surface area contributed by atoms with E-state index in [0.717, 1.165) is 41.3 Å². The Morgan fingerprint density at radius 1 is 1.23 bits per heavy atom. The molecule has 0 saturated carbocycles. The number of hydrogen-bond acceptors (Lipinski definition) is 5. The van der Waals surface area contributed by atoms with E-state index in [4.69, 9.17) is 9.15 Å². The van der Waals surface area contributed by atoms with Crippen molar-refractivity contribution in [3.05, 3.63) is 63.6 Å². The first-order valence-corrected chi connectivity index (χ1v) is 8.55. The third-order valence-corrected chi connectivity index (χ3v) is 4.63. The largest absolute Gasteiger partial charge is 0.483 e. The molecule has 0 atom stereocenters. The highest BCUT2D eigenvalue weighted by Crippen LogP contribution is 2.32. The summed E-state index contributed by atoms with van der Waals surface area (Å²) in [6, 6.07) is 8.99. The molecule has 3 aromatic rings. The third-order valence-electron chi connectivity index (χ3n) is 4.63. The Hall–Kier alpha value is -3.15. The van der Waals surface area contributed by atoms with Crippen molar-refractivity contribution < 1.29 is 13.9 Å². The average Bonchev–Trinajstić information content (AvgIpc) is 3.13. The number of nitrogens with one attached hydrogen (secondary N) is 1. The summed E-state index contributed by atoms with van der Waals surface area (Å²) >= 11 is 0. The summed E-state index contributed by atoms with van der Waals surface area (Å²) in [5.74, 6) is 0.686. The first-order valence-electron chi connectivity index (χ1n) is 8.55. The maximum Gasteiger partial charge on any atom is 0.339 e. The number of benzene rings is 1. The lowest BCUT2D eigenvalue weighted by Gasteiger charge is -2.12. The van der Waals surface area contributed by atoms with Crippen molar-refractivity contribution in [3.63, 3.8) is 0 Å². The summed E-state index contributed by atoms with van der Waals surface area (Å²) in [5.41, 5.74) is 2.87. The minimum absolute atomic E-state index is 0.155. The zero-order chi connectivity index (χ0) is 18.1. The molecule has 0 radical (unpaired) electrons. The maximum absolute atomic E-state index is 12.2. The van der Waals surface area contributed by atoms with E-state index < -0.39 is 0 Å². The van der Waals surface area contributed by atoms with Crippen molar-refractivity contribution in [3.8, 4) is 5.75 Å². The second kappa shape index (κ2) is 6.63. The smallest absolute Gasteiger partial charge is 0.339 e. The molecule has 6 heteroatoms. The third kappa shape index (κ3) is 2.94.